The van der Waals surface area contributed by atoms with E-state index in [9.17, 15) is 4.79 Å². The second kappa shape index (κ2) is 4.85. The largest absolute Gasteiger partial charge is 0.346 e. The van der Waals surface area contributed by atoms with E-state index < -0.39 is 0 Å². The number of imidazole rings is 1. The summed E-state index contributed by atoms with van der Waals surface area (Å²) in [7, 11) is 0. The lowest BCUT2D eigenvalue weighted by Gasteiger charge is -2.01. The lowest BCUT2D eigenvalue weighted by atomic mass is 10.3. The van der Waals surface area contributed by atoms with Crippen LogP contribution in [0.4, 0.5) is 0 Å². The number of aryl methyl sites for hydroxylation is 1. The number of thiophene rings is 1. The number of fused-ring (bicyclic) bond motifs is 1. The van der Waals surface area contributed by atoms with Crippen molar-refractivity contribution in [2.45, 2.75) is 13.5 Å². The van der Waals surface area contributed by atoms with Crippen molar-refractivity contribution in [3.05, 3.63) is 58.2 Å². The molecule has 0 radical (unpaired) electrons. The minimum atomic E-state index is -0.130. The van der Waals surface area contributed by atoms with Crippen LogP contribution in [0.25, 0.3) is 5.65 Å². The molecule has 3 aromatic heterocycles. The van der Waals surface area contributed by atoms with Crippen LogP contribution in [0.2, 0.25) is 0 Å². The molecule has 5 heteroatoms. The molecule has 96 valence electrons. The zero-order chi connectivity index (χ0) is 13.2. The van der Waals surface area contributed by atoms with Gasteiger partial charge >= 0.3 is 0 Å². The molecule has 4 nitrogen and oxygen atoms in total. The first-order valence-electron chi connectivity index (χ1n) is 6.00. The van der Waals surface area contributed by atoms with Crippen LogP contribution < -0.4 is 5.32 Å². The van der Waals surface area contributed by atoms with Gasteiger partial charge in [0.2, 0.25) is 0 Å². The number of carbonyl (C=O) groups is 1. The van der Waals surface area contributed by atoms with E-state index in [4.69, 9.17) is 0 Å². The lowest BCUT2D eigenvalue weighted by Crippen LogP contribution is -2.23. The van der Waals surface area contributed by atoms with Gasteiger partial charge in [-0.05, 0) is 30.5 Å². The summed E-state index contributed by atoms with van der Waals surface area (Å²) in [5.74, 6) is -0.130. The summed E-state index contributed by atoms with van der Waals surface area (Å²) in [6, 6.07) is 9.71. The average Bonchev–Trinajstić information content (AvgIpc) is 3.05. The quantitative estimate of drug-likeness (QED) is 0.796. The molecule has 0 saturated heterocycles. The van der Waals surface area contributed by atoms with E-state index in [0.29, 0.717) is 12.2 Å². The molecule has 0 aromatic carbocycles. The maximum Gasteiger partial charge on any atom is 0.272 e. The van der Waals surface area contributed by atoms with Crippen molar-refractivity contribution in [1.29, 1.82) is 0 Å². The Morgan fingerprint density at radius 3 is 3.00 bits per heavy atom. The van der Waals surface area contributed by atoms with Gasteiger partial charge in [0.25, 0.3) is 5.91 Å². The summed E-state index contributed by atoms with van der Waals surface area (Å²) in [5.41, 5.74) is 2.14. The van der Waals surface area contributed by atoms with Crippen LogP contribution in [-0.4, -0.2) is 15.3 Å². The van der Waals surface area contributed by atoms with Crippen LogP contribution in [0, 0.1) is 6.92 Å². The Labute approximate surface area is 114 Å². The minimum Gasteiger partial charge on any atom is -0.346 e. The molecule has 0 aliphatic carbocycles. The third-order valence-corrected chi connectivity index (χ3v) is 3.86. The molecular weight excluding hydrogens is 258 g/mol. The maximum absolute atomic E-state index is 12.1. The minimum absolute atomic E-state index is 0.130. The summed E-state index contributed by atoms with van der Waals surface area (Å²) in [6.45, 7) is 2.45. The first-order chi connectivity index (χ1) is 9.25. The van der Waals surface area contributed by atoms with Gasteiger partial charge < -0.3 is 9.72 Å². The molecule has 3 rings (SSSR count). The molecule has 0 bridgehead atoms. The Balaban J connectivity index is 1.83. The summed E-state index contributed by atoms with van der Waals surface area (Å²) >= 11 is 1.63. The molecule has 0 atom stereocenters. The van der Waals surface area contributed by atoms with Gasteiger partial charge in [0.05, 0.1) is 12.2 Å². The van der Waals surface area contributed by atoms with E-state index in [-0.39, 0.29) is 5.91 Å². The zero-order valence-electron chi connectivity index (χ0n) is 10.5. The number of nitrogens with one attached hydrogen (secondary N) is 1. The van der Waals surface area contributed by atoms with E-state index >= 15 is 0 Å². The molecule has 0 fully saturated rings. The molecule has 19 heavy (non-hydrogen) atoms. The SMILES string of the molecule is Cc1c(C(=O)NCc2cccs2)nc2ccccn12. The normalized spacial score (nSPS) is 10.8. The smallest absolute Gasteiger partial charge is 0.272 e. The number of amides is 1. The fourth-order valence-electron chi connectivity index (χ4n) is 2.00. The van der Waals surface area contributed by atoms with Crippen molar-refractivity contribution in [2.75, 3.05) is 0 Å². The summed E-state index contributed by atoms with van der Waals surface area (Å²) < 4.78 is 1.92. The predicted octanol–water partition coefficient (Wildman–Crippen LogP) is 2.63. The Morgan fingerprint density at radius 2 is 2.26 bits per heavy atom. The van der Waals surface area contributed by atoms with Gasteiger partial charge in [-0.3, -0.25) is 4.79 Å². The standard InChI is InChI=1S/C14H13N3OS/c1-10-13(16-12-6-2-3-7-17(10)12)14(18)15-9-11-5-4-8-19-11/h2-8H,9H2,1H3,(H,15,18). The highest BCUT2D eigenvalue weighted by Gasteiger charge is 2.15. The van der Waals surface area contributed by atoms with Crippen molar-refractivity contribution in [3.63, 3.8) is 0 Å². The Morgan fingerprint density at radius 1 is 1.37 bits per heavy atom. The van der Waals surface area contributed by atoms with Crippen LogP contribution in [0.5, 0.6) is 0 Å². The molecular formula is C14H13N3OS. The molecule has 0 aliphatic rings. The van der Waals surface area contributed by atoms with Crippen LogP contribution in [0.3, 0.4) is 0 Å². The summed E-state index contributed by atoms with van der Waals surface area (Å²) in [4.78, 5) is 17.6. The molecule has 0 spiro atoms. The zero-order valence-corrected chi connectivity index (χ0v) is 11.3. The Bertz CT molecular complexity index is 715. The fourth-order valence-corrected chi connectivity index (χ4v) is 2.64. The van der Waals surface area contributed by atoms with Gasteiger partial charge in [-0.2, -0.15) is 0 Å². The molecule has 0 saturated carbocycles. The average molecular weight is 271 g/mol. The number of pyridine rings is 1. The maximum atomic E-state index is 12.1. The van der Waals surface area contributed by atoms with E-state index in [1.165, 1.54) is 0 Å². The van der Waals surface area contributed by atoms with Crippen LogP contribution >= 0.6 is 11.3 Å². The first kappa shape index (κ1) is 11.9. The lowest BCUT2D eigenvalue weighted by molar-refractivity contribution is 0.0946. The van der Waals surface area contributed by atoms with E-state index in [1.807, 2.05) is 53.2 Å². The predicted molar refractivity (Wildman–Crippen MR) is 75.4 cm³/mol. The number of aromatic nitrogens is 2. The van der Waals surface area contributed by atoms with Crippen molar-refractivity contribution < 1.29 is 4.79 Å². The summed E-state index contributed by atoms with van der Waals surface area (Å²) in [5, 5.41) is 4.90. The second-order valence-electron chi connectivity index (χ2n) is 4.24. The Hall–Kier alpha value is -2.14. The van der Waals surface area contributed by atoms with E-state index in [2.05, 4.69) is 10.3 Å². The van der Waals surface area contributed by atoms with Crippen molar-refractivity contribution in [3.8, 4) is 0 Å². The second-order valence-corrected chi connectivity index (χ2v) is 5.27. The van der Waals surface area contributed by atoms with Crippen molar-refractivity contribution in [2.24, 2.45) is 0 Å². The fraction of sp³-hybridized carbons (Fsp3) is 0.143. The van der Waals surface area contributed by atoms with Crippen LogP contribution in [-0.2, 0) is 6.54 Å². The van der Waals surface area contributed by atoms with E-state index in [0.717, 1.165) is 16.2 Å². The number of hydrogen-bond donors (Lipinski definition) is 1. The van der Waals surface area contributed by atoms with Gasteiger partial charge in [0, 0.05) is 11.1 Å². The Kier molecular flexibility index (Phi) is 3.05. The van der Waals surface area contributed by atoms with Crippen LogP contribution in [0.15, 0.2) is 41.9 Å². The third kappa shape index (κ3) is 2.24. The van der Waals surface area contributed by atoms with Crippen molar-refractivity contribution >= 4 is 22.9 Å². The van der Waals surface area contributed by atoms with Crippen molar-refractivity contribution in [1.82, 2.24) is 14.7 Å². The van der Waals surface area contributed by atoms with Gasteiger partial charge in [-0.25, -0.2) is 4.98 Å². The highest BCUT2D eigenvalue weighted by molar-refractivity contribution is 7.09. The van der Waals surface area contributed by atoms with Gasteiger partial charge in [0.15, 0.2) is 0 Å². The molecule has 3 aromatic rings. The van der Waals surface area contributed by atoms with E-state index in [1.54, 1.807) is 11.3 Å². The number of hydrogen-bond acceptors (Lipinski definition) is 3. The number of nitrogens with zero attached hydrogens (tertiary/aromatic N) is 2. The summed E-state index contributed by atoms with van der Waals surface area (Å²) in [6.07, 6.45) is 1.91. The van der Waals surface area contributed by atoms with Gasteiger partial charge in [0.1, 0.15) is 11.3 Å². The highest BCUT2D eigenvalue weighted by Crippen LogP contribution is 2.12. The number of rotatable bonds is 3. The topological polar surface area (TPSA) is 46.4 Å². The van der Waals surface area contributed by atoms with Gasteiger partial charge in [-0.15, -0.1) is 11.3 Å². The van der Waals surface area contributed by atoms with Crippen LogP contribution in [0.1, 0.15) is 21.1 Å². The first-order valence-corrected chi connectivity index (χ1v) is 6.88. The molecule has 1 N–H and O–H groups in total. The molecule has 0 unspecified atom stereocenters. The number of carbonyl (C=O) groups excluding carboxylic acids is 1. The highest BCUT2D eigenvalue weighted by atomic mass is 32.1. The molecule has 0 aliphatic heterocycles. The van der Waals surface area contributed by atoms with Gasteiger partial charge in [-0.1, -0.05) is 12.1 Å². The monoisotopic (exact) mass is 271 g/mol. The molecule has 3 heterocycles. The third-order valence-electron chi connectivity index (χ3n) is 2.99. The molecule has 1 amide bonds.